The molecule has 1 amide bonds. The van der Waals surface area contributed by atoms with Crippen molar-refractivity contribution in [3.05, 3.63) is 33.9 Å². The van der Waals surface area contributed by atoms with E-state index in [9.17, 15) is 20.0 Å². The molecule has 1 saturated carbocycles. The summed E-state index contributed by atoms with van der Waals surface area (Å²) in [5.41, 5.74) is -0.496. The van der Waals surface area contributed by atoms with Crippen molar-refractivity contribution < 1.29 is 14.8 Å². The summed E-state index contributed by atoms with van der Waals surface area (Å²) < 4.78 is 0. The molecule has 1 aromatic rings. The van der Waals surface area contributed by atoms with Gasteiger partial charge >= 0.3 is 5.69 Å². The van der Waals surface area contributed by atoms with Gasteiger partial charge in [0.15, 0.2) is 0 Å². The lowest BCUT2D eigenvalue weighted by molar-refractivity contribution is -0.385. The van der Waals surface area contributed by atoms with Crippen molar-refractivity contribution >= 4 is 23.4 Å². The van der Waals surface area contributed by atoms with Gasteiger partial charge in [-0.2, -0.15) is 11.8 Å². The lowest BCUT2D eigenvalue weighted by atomic mass is 10.1. The first kappa shape index (κ1) is 15.6. The van der Waals surface area contributed by atoms with Gasteiger partial charge in [-0.1, -0.05) is 13.0 Å². The quantitative estimate of drug-likeness (QED) is 0.644. The van der Waals surface area contributed by atoms with E-state index >= 15 is 0 Å². The molecule has 0 saturated heterocycles. The molecule has 7 heteroatoms. The fraction of sp³-hybridized carbons (Fsp3) is 0.500. The van der Waals surface area contributed by atoms with Gasteiger partial charge in [-0.3, -0.25) is 14.9 Å². The SMILES string of the molecule is CCSC1CCC(NC(=O)c2cccc([N+](=O)[O-])c2O)C1. The fourth-order valence-corrected chi connectivity index (χ4v) is 3.73. The van der Waals surface area contributed by atoms with Crippen molar-refractivity contribution in [2.24, 2.45) is 0 Å². The number of rotatable bonds is 5. The van der Waals surface area contributed by atoms with Gasteiger partial charge in [0.05, 0.1) is 10.5 Å². The van der Waals surface area contributed by atoms with Gasteiger partial charge < -0.3 is 10.4 Å². The first-order chi connectivity index (χ1) is 10.0. The Hall–Kier alpha value is -1.76. The van der Waals surface area contributed by atoms with Crippen LogP contribution in [0, 0.1) is 10.1 Å². The standard InChI is InChI=1S/C14H18N2O4S/c1-2-21-10-7-6-9(8-10)15-14(18)11-4-3-5-12(13(11)17)16(19)20/h3-5,9-10,17H,2,6-8H2,1H3,(H,15,18). The number of amides is 1. The Morgan fingerprint density at radius 1 is 1.52 bits per heavy atom. The predicted molar refractivity (Wildman–Crippen MR) is 81.8 cm³/mol. The number of phenolic OH excluding ortho intramolecular Hbond substituents is 1. The van der Waals surface area contributed by atoms with E-state index in [-0.39, 0.29) is 11.6 Å². The Balaban J connectivity index is 2.05. The van der Waals surface area contributed by atoms with Crippen LogP contribution in [0.3, 0.4) is 0 Å². The van der Waals surface area contributed by atoms with Gasteiger partial charge in [-0.05, 0) is 31.1 Å². The Morgan fingerprint density at radius 2 is 2.29 bits per heavy atom. The highest BCUT2D eigenvalue weighted by atomic mass is 32.2. The lowest BCUT2D eigenvalue weighted by Crippen LogP contribution is -2.33. The molecule has 2 N–H and O–H groups in total. The topological polar surface area (TPSA) is 92.5 Å². The molecular weight excluding hydrogens is 292 g/mol. The van der Waals surface area contributed by atoms with Gasteiger partial charge in [0, 0.05) is 17.4 Å². The van der Waals surface area contributed by atoms with Gasteiger partial charge in [0.25, 0.3) is 5.91 Å². The summed E-state index contributed by atoms with van der Waals surface area (Å²) in [5, 5.41) is 24.0. The Morgan fingerprint density at radius 3 is 2.95 bits per heavy atom. The maximum Gasteiger partial charge on any atom is 0.311 e. The predicted octanol–water partition coefficient (Wildman–Crippen LogP) is 2.70. The number of carbonyl (C=O) groups excluding carboxylic acids is 1. The van der Waals surface area contributed by atoms with Crippen molar-refractivity contribution in [3.8, 4) is 5.75 Å². The van der Waals surface area contributed by atoms with Crippen molar-refractivity contribution in [1.82, 2.24) is 5.32 Å². The summed E-state index contributed by atoms with van der Waals surface area (Å²) in [4.78, 5) is 22.2. The molecule has 0 radical (unpaired) electrons. The van der Waals surface area contributed by atoms with Crippen molar-refractivity contribution in [3.63, 3.8) is 0 Å². The number of nitrogens with one attached hydrogen (secondary N) is 1. The zero-order valence-corrected chi connectivity index (χ0v) is 12.6. The maximum atomic E-state index is 12.2. The minimum atomic E-state index is -0.699. The normalized spacial score (nSPS) is 21.2. The molecule has 0 aliphatic heterocycles. The number of aromatic hydroxyl groups is 1. The minimum Gasteiger partial charge on any atom is -0.502 e. The highest BCUT2D eigenvalue weighted by molar-refractivity contribution is 7.99. The average molecular weight is 310 g/mol. The highest BCUT2D eigenvalue weighted by Gasteiger charge is 2.28. The summed E-state index contributed by atoms with van der Waals surface area (Å²) >= 11 is 1.89. The van der Waals surface area contributed by atoms with Crippen LogP contribution in [0.15, 0.2) is 18.2 Å². The number of hydrogen-bond acceptors (Lipinski definition) is 5. The van der Waals surface area contributed by atoms with Gasteiger partial charge in [0.1, 0.15) is 0 Å². The third-order valence-corrected chi connectivity index (χ3v) is 4.81. The van der Waals surface area contributed by atoms with E-state index in [0.717, 1.165) is 25.0 Å². The van der Waals surface area contributed by atoms with Crippen LogP contribution in [0.5, 0.6) is 5.75 Å². The molecule has 0 aromatic heterocycles. The molecule has 114 valence electrons. The second kappa shape index (κ2) is 6.80. The zero-order chi connectivity index (χ0) is 15.4. The molecule has 6 nitrogen and oxygen atoms in total. The van der Waals surface area contributed by atoms with E-state index in [2.05, 4.69) is 12.2 Å². The number of hydrogen-bond donors (Lipinski definition) is 2. The zero-order valence-electron chi connectivity index (χ0n) is 11.7. The molecule has 0 spiro atoms. The van der Waals surface area contributed by atoms with E-state index in [4.69, 9.17) is 0 Å². The second-order valence-corrected chi connectivity index (χ2v) is 6.57. The lowest BCUT2D eigenvalue weighted by Gasteiger charge is -2.13. The Labute approximate surface area is 127 Å². The Bertz CT molecular complexity index is 550. The van der Waals surface area contributed by atoms with Crippen molar-refractivity contribution in [2.75, 3.05) is 5.75 Å². The number of phenols is 1. The molecule has 2 atom stereocenters. The molecule has 0 heterocycles. The summed E-state index contributed by atoms with van der Waals surface area (Å²) in [6.45, 7) is 2.11. The molecule has 2 unspecified atom stereocenters. The van der Waals surface area contributed by atoms with Crippen LogP contribution in [-0.2, 0) is 0 Å². The maximum absolute atomic E-state index is 12.2. The number of para-hydroxylation sites is 1. The first-order valence-electron chi connectivity index (χ1n) is 6.91. The number of benzene rings is 1. The van der Waals surface area contributed by atoms with Crippen LogP contribution < -0.4 is 5.32 Å². The van der Waals surface area contributed by atoms with E-state index < -0.39 is 22.3 Å². The van der Waals surface area contributed by atoms with Crippen molar-refractivity contribution in [2.45, 2.75) is 37.5 Å². The van der Waals surface area contributed by atoms with E-state index in [0.29, 0.717) is 5.25 Å². The summed E-state index contributed by atoms with van der Waals surface area (Å²) in [6.07, 6.45) is 2.86. The number of nitrogens with zero attached hydrogens (tertiary/aromatic N) is 1. The van der Waals surface area contributed by atoms with Gasteiger partial charge in [-0.15, -0.1) is 0 Å². The second-order valence-electron chi connectivity index (χ2n) is 4.99. The molecule has 21 heavy (non-hydrogen) atoms. The average Bonchev–Trinajstić information content (AvgIpc) is 2.86. The monoisotopic (exact) mass is 310 g/mol. The molecule has 1 aromatic carbocycles. The van der Waals surface area contributed by atoms with Gasteiger partial charge in [-0.25, -0.2) is 0 Å². The molecule has 1 aliphatic rings. The smallest absolute Gasteiger partial charge is 0.311 e. The molecule has 0 bridgehead atoms. The first-order valence-corrected chi connectivity index (χ1v) is 7.96. The minimum absolute atomic E-state index is 0.0456. The molecule has 1 fully saturated rings. The van der Waals surface area contributed by atoms with Crippen LogP contribution in [0.4, 0.5) is 5.69 Å². The van der Waals surface area contributed by atoms with Gasteiger partial charge in [0.2, 0.25) is 5.75 Å². The molecule has 1 aliphatic carbocycles. The Kier molecular flexibility index (Phi) is 5.06. The van der Waals surface area contributed by atoms with Crippen LogP contribution in [-0.4, -0.2) is 33.0 Å². The third kappa shape index (κ3) is 3.66. The number of thioether (sulfide) groups is 1. The summed E-state index contributed by atoms with van der Waals surface area (Å²) in [5.74, 6) is 0.0256. The molecule has 2 rings (SSSR count). The third-order valence-electron chi connectivity index (χ3n) is 3.58. The highest BCUT2D eigenvalue weighted by Crippen LogP contribution is 2.32. The number of carbonyl (C=O) groups is 1. The summed E-state index contributed by atoms with van der Waals surface area (Å²) in [6, 6.07) is 4.04. The fourth-order valence-electron chi connectivity index (χ4n) is 2.58. The number of nitro groups is 1. The van der Waals surface area contributed by atoms with Crippen LogP contribution >= 0.6 is 11.8 Å². The van der Waals surface area contributed by atoms with E-state index in [1.54, 1.807) is 0 Å². The van der Waals surface area contributed by atoms with Crippen molar-refractivity contribution in [1.29, 1.82) is 0 Å². The van der Waals surface area contributed by atoms with Crippen LogP contribution in [0.25, 0.3) is 0 Å². The van der Waals surface area contributed by atoms with Crippen LogP contribution in [0.2, 0.25) is 0 Å². The molecular formula is C14H18N2O4S. The van der Waals surface area contributed by atoms with E-state index in [1.807, 2.05) is 11.8 Å². The largest absolute Gasteiger partial charge is 0.502 e. The van der Waals surface area contributed by atoms with Crippen LogP contribution in [0.1, 0.15) is 36.5 Å². The summed E-state index contributed by atoms with van der Waals surface area (Å²) in [7, 11) is 0. The number of nitro benzene ring substituents is 1. The van der Waals surface area contributed by atoms with E-state index in [1.165, 1.54) is 18.2 Å².